The molecule has 0 atom stereocenters. The Morgan fingerprint density at radius 3 is 2.08 bits per heavy atom. The molecule has 0 aliphatic heterocycles. The summed E-state index contributed by atoms with van der Waals surface area (Å²) in [6, 6.07) is 32.0. The molecule has 0 bridgehead atoms. The number of halogens is 1. The van der Waals surface area contributed by atoms with Gasteiger partial charge in [-0.05, 0) is 44.3 Å². The first-order valence-electron chi connectivity index (χ1n) is 8.67. The molecule has 26 heavy (non-hydrogen) atoms. The van der Waals surface area contributed by atoms with Crippen molar-refractivity contribution in [2.24, 2.45) is 0 Å². The number of fused-ring (bicyclic) bond motifs is 3. The molecule has 0 radical (unpaired) electrons. The molecule has 4 aromatic carbocycles. The maximum Gasteiger partial charge on any atom is 0.0615 e. The molecule has 0 saturated carbocycles. The van der Waals surface area contributed by atoms with Gasteiger partial charge in [0.2, 0.25) is 0 Å². The molecule has 5 rings (SSSR count). The van der Waals surface area contributed by atoms with Crippen LogP contribution >= 0.6 is 15.9 Å². The molecule has 0 aliphatic rings. The minimum Gasteiger partial charge on any atom is -0.354 e. The Bertz CT molecular complexity index is 1240. The first-order valence-corrected chi connectivity index (χ1v) is 9.46. The molecule has 0 spiro atoms. The lowest BCUT2D eigenvalue weighted by Gasteiger charge is -2.12. The third-order valence-corrected chi connectivity index (χ3v) is 5.74. The van der Waals surface area contributed by atoms with Crippen molar-refractivity contribution in [1.82, 2.24) is 4.98 Å². The first-order chi connectivity index (χ1) is 12.8. The second-order valence-electron chi connectivity index (χ2n) is 6.43. The Balaban J connectivity index is 1.78. The summed E-state index contributed by atoms with van der Waals surface area (Å²) < 4.78 is 1.11. The molecule has 0 aliphatic carbocycles. The van der Waals surface area contributed by atoms with E-state index in [2.05, 4.69) is 112 Å². The van der Waals surface area contributed by atoms with Gasteiger partial charge in [0.05, 0.1) is 5.52 Å². The van der Waals surface area contributed by atoms with Crippen LogP contribution in [0.3, 0.4) is 0 Å². The number of rotatable bonds is 2. The van der Waals surface area contributed by atoms with E-state index in [1.165, 1.54) is 33.0 Å². The smallest absolute Gasteiger partial charge is 0.0615 e. The van der Waals surface area contributed by atoms with Crippen LogP contribution in [0.4, 0.5) is 0 Å². The zero-order valence-corrected chi connectivity index (χ0v) is 15.6. The van der Waals surface area contributed by atoms with Crippen molar-refractivity contribution < 1.29 is 0 Å². The Morgan fingerprint density at radius 1 is 0.538 bits per heavy atom. The average molecular weight is 398 g/mol. The van der Waals surface area contributed by atoms with Gasteiger partial charge in [0.25, 0.3) is 0 Å². The van der Waals surface area contributed by atoms with Gasteiger partial charge in [-0.2, -0.15) is 0 Å². The fraction of sp³-hybridized carbons (Fsp3) is 0. The molecule has 0 saturated heterocycles. The van der Waals surface area contributed by atoms with Gasteiger partial charge >= 0.3 is 0 Å². The minimum atomic E-state index is 1.11. The topological polar surface area (TPSA) is 15.8 Å². The number of aromatic nitrogens is 1. The zero-order valence-electron chi connectivity index (χ0n) is 14.0. The predicted octanol–water partition coefficient (Wildman–Crippen LogP) is 7.42. The molecule has 2 heteroatoms. The molecule has 5 aromatic rings. The first kappa shape index (κ1) is 15.4. The molecule has 0 amide bonds. The number of hydrogen-bond acceptors (Lipinski definition) is 0. The highest BCUT2D eigenvalue weighted by molar-refractivity contribution is 9.10. The molecule has 1 aromatic heterocycles. The summed E-state index contributed by atoms with van der Waals surface area (Å²) in [5, 5.41) is 2.50. The Kier molecular flexibility index (Phi) is 3.65. The van der Waals surface area contributed by atoms with Gasteiger partial charge in [-0.25, -0.2) is 0 Å². The highest BCUT2D eigenvalue weighted by Crippen LogP contribution is 2.40. The third-order valence-electron chi connectivity index (χ3n) is 4.92. The molecule has 0 unspecified atom stereocenters. The number of H-pyrrole nitrogens is 1. The van der Waals surface area contributed by atoms with Crippen LogP contribution in [-0.4, -0.2) is 4.98 Å². The summed E-state index contributed by atoms with van der Waals surface area (Å²) in [6.07, 6.45) is 0. The highest BCUT2D eigenvalue weighted by Gasteiger charge is 2.14. The molecule has 1 N–H and O–H groups in total. The summed E-state index contributed by atoms with van der Waals surface area (Å²) in [5.74, 6) is 0. The van der Waals surface area contributed by atoms with E-state index in [0.717, 1.165) is 15.5 Å². The standard InChI is InChI=1S/C24H16BrN/c25-23-20(14-15-21-19-12-6-7-13-22(19)26-24(21)23)18-11-5-4-10-17(18)16-8-2-1-3-9-16/h1-15,26H. The predicted molar refractivity (Wildman–Crippen MR) is 114 cm³/mol. The van der Waals surface area contributed by atoms with Gasteiger partial charge in [0.1, 0.15) is 0 Å². The number of hydrogen-bond donors (Lipinski definition) is 1. The van der Waals surface area contributed by atoms with Gasteiger partial charge in [-0.3, -0.25) is 0 Å². The van der Waals surface area contributed by atoms with Crippen LogP contribution in [0.5, 0.6) is 0 Å². The van der Waals surface area contributed by atoms with Crippen LogP contribution in [0, 0.1) is 0 Å². The van der Waals surface area contributed by atoms with E-state index in [9.17, 15) is 0 Å². The summed E-state index contributed by atoms with van der Waals surface area (Å²) in [6.45, 7) is 0. The fourth-order valence-electron chi connectivity index (χ4n) is 3.68. The molecule has 1 heterocycles. The molecule has 124 valence electrons. The normalized spacial score (nSPS) is 11.3. The summed E-state index contributed by atoms with van der Waals surface area (Å²) >= 11 is 3.87. The van der Waals surface area contributed by atoms with Crippen molar-refractivity contribution in [2.45, 2.75) is 0 Å². The molecular weight excluding hydrogens is 382 g/mol. The van der Waals surface area contributed by atoms with Crippen molar-refractivity contribution in [1.29, 1.82) is 0 Å². The van der Waals surface area contributed by atoms with E-state index in [1.807, 2.05) is 0 Å². The third kappa shape index (κ3) is 2.38. The van der Waals surface area contributed by atoms with Crippen molar-refractivity contribution in [3.05, 3.63) is 95.5 Å². The van der Waals surface area contributed by atoms with Crippen LogP contribution in [0.1, 0.15) is 0 Å². The van der Waals surface area contributed by atoms with Gasteiger partial charge in [-0.1, -0.05) is 84.9 Å². The Morgan fingerprint density at radius 2 is 1.23 bits per heavy atom. The fourth-order valence-corrected chi connectivity index (χ4v) is 4.34. The van der Waals surface area contributed by atoms with Gasteiger partial charge in [0, 0.05) is 20.8 Å². The van der Waals surface area contributed by atoms with Crippen LogP contribution in [-0.2, 0) is 0 Å². The van der Waals surface area contributed by atoms with Crippen molar-refractivity contribution in [3.63, 3.8) is 0 Å². The number of aromatic amines is 1. The van der Waals surface area contributed by atoms with Crippen LogP contribution in [0.15, 0.2) is 95.5 Å². The second kappa shape index (κ2) is 6.15. The van der Waals surface area contributed by atoms with Crippen LogP contribution in [0.2, 0.25) is 0 Å². The molecule has 1 nitrogen and oxygen atoms in total. The van der Waals surface area contributed by atoms with E-state index in [0.29, 0.717) is 0 Å². The highest BCUT2D eigenvalue weighted by atomic mass is 79.9. The van der Waals surface area contributed by atoms with Crippen molar-refractivity contribution in [2.75, 3.05) is 0 Å². The largest absolute Gasteiger partial charge is 0.354 e. The maximum atomic E-state index is 3.87. The van der Waals surface area contributed by atoms with Gasteiger partial charge in [0.15, 0.2) is 0 Å². The van der Waals surface area contributed by atoms with Crippen LogP contribution in [0.25, 0.3) is 44.1 Å². The lowest BCUT2D eigenvalue weighted by atomic mass is 9.94. The summed E-state index contributed by atoms with van der Waals surface area (Å²) in [7, 11) is 0. The summed E-state index contributed by atoms with van der Waals surface area (Å²) in [5.41, 5.74) is 7.20. The molecule has 0 fully saturated rings. The Hall–Kier alpha value is -2.84. The van der Waals surface area contributed by atoms with Crippen LogP contribution < -0.4 is 0 Å². The van der Waals surface area contributed by atoms with Crippen molar-refractivity contribution >= 4 is 37.7 Å². The second-order valence-corrected chi connectivity index (χ2v) is 7.22. The van der Waals surface area contributed by atoms with E-state index in [4.69, 9.17) is 0 Å². The monoisotopic (exact) mass is 397 g/mol. The van der Waals surface area contributed by atoms with Gasteiger partial charge in [-0.15, -0.1) is 0 Å². The number of benzene rings is 4. The lowest BCUT2D eigenvalue weighted by molar-refractivity contribution is 1.52. The van der Waals surface area contributed by atoms with E-state index in [-0.39, 0.29) is 0 Å². The summed E-state index contributed by atoms with van der Waals surface area (Å²) in [4.78, 5) is 3.57. The quantitative estimate of drug-likeness (QED) is 0.319. The van der Waals surface area contributed by atoms with Crippen molar-refractivity contribution in [3.8, 4) is 22.3 Å². The molecular formula is C24H16BrN. The van der Waals surface area contributed by atoms with E-state index in [1.54, 1.807) is 0 Å². The zero-order chi connectivity index (χ0) is 17.5. The van der Waals surface area contributed by atoms with E-state index >= 15 is 0 Å². The average Bonchev–Trinajstić information content (AvgIpc) is 3.09. The SMILES string of the molecule is Brc1c(-c2ccccc2-c2ccccc2)ccc2c1[nH]c1ccccc12. The number of nitrogens with one attached hydrogen (secondary N) is 1. The lowest BCUT2D eigenvalue weighted by Crippen LogP contribution is -1.87. The maximum absolute atomic E-state index is 3.87. The Labute approximate surface area is 160 Å². The van der Waals surface area contributed by atoms with E-state index < -0.39 is 0 Å². The van der Waals surface area contributed by atoms with Gasteiger partial charge < -0.3 is 4.98 Å². The number of para-hydroxylation sites is 1. The minimum absolute atomic E-state index is 1.11.